The Morgan fingerprint density at radius 1 is 1.31 bits per heavy atom. The van der Waals surface area contributed by atoms with E-state index in [0.29, 0.717) is 6.04 Å². The van der Waals surface area contributed by atoms with E-state index < -0.39 is 0 Å². The highest BCUT2D eigenvalue weighted by molar-refractivity contribution is 9.10. The van der Waals surface area contributed by atoms with Crippen LogP contribution in [-0.4, -0.2) is 35.1 Å². The van der Waals surface area contributed by atoms with Crippen molar-refractivity contribution in [2.75, 3.05) is 18.4 Å². The molecule has 2 aliphatic rings. The monoisotopic (exact) mass is 281 g/mol. The van der Waals surface area contributed by atoms with E-state index in [4.69, 9.17) is 0 Å². The average Bonchev–Trinajstić information content (AvgIpc) is 2.86. The number of aromatic nitrogens is 1. The molecule has 0 spiro atoms. The van der Waals surface area contributed by atoms with Crippen LogP contribution in [0.25, 0.3) is 0 Å². The summed E-state index contributed by atoms with van der Waals surface area (Å²) in [5.74, 6) is 1.00. The first-order valence-corrected chi connectivity index (χ1v) is 6.74. The van der Waals surface area contributed by atoms with E-state index in [9.17, 15) is 0 Å². The molecule has 0 radical (unpaired) electrons. The van der Waals surface area contributed by atoms with Crippen molar-refractivity contribution in [2.45, 2.75) is 31.3 Å². The molecular weight excluding hydrogens is 266 g/mol. The van der Waals surface area contributed by atoms with Crippen molar-refractivity contribution in [1.29, 1.82) is 0 Å². The quantitative estimate of drug-likeness (QED) is 0.903. The molecule has 3 nitrogen and oxygen atoms in total. The van der Waals surface area contributed by atoms with Gasteiger partial charge in [-0.05, 0) is 53.9 Å². The first-order chi connectivity index (χ1) is 7.83. The first-order valence-electron chi connectivity index (χ1n) is 5.95. The Morgan fingerprint density at radius 2 is 2.25 bits per heavy atom. The fourth-order valence-electron chi connectivity index (χ4n) is 2.90. The maximum absolute atomic E-state index is 4.38. The number of hydrogen-bond acceptors (Lipinski definition) is 3. The highest BCUT2D eigenvalue weighted by Crippen LogP contribution is 2.29. The van der Waals surface area contributed by atoms with Crippen molar-refractivity contribution in [3.05, 3.63) is 22.8 Å². The fourth-order valence-corrected chi connectivity index (χ4v) is 3.14. The molecule has 0 aromatic carbocycles. The zero-order chi connectivity index (χ0) is 11.0. The minimum absolute atomic E-state index is 0.594. The van der Waals surface area contributed by atoms with Crippen LogP contribution in [0.15, 0.2) is 22.8 Å². The third kappa shape index (κ3) is 1.96. The molecule has 4 heteroatoms. The van der Waals surface area contributed by atoms with Gasteiger partial charge >= 0.3 is 0 Å². The number of anilines is 1. The summed E-state index contributed by atoms with van der Waals surface area (Å²) in [7, 11) is 0. The van der Waals surface area contributed by atoms with Gasteiger partial charge in [-0.2, -0.15) is 0 Å². The fraction of sp³-hybridized carbons (Fsp3) is 0.583. The predicted molar refractivity (Wildman–Crippen MR) is 68.6 cm³/mol. The van der Waals surface area contributed by atoms with Crippen LogP contribution in [0, 0.1) is 0 Å². The molecule has 0 bridgehead atoms. The second kappa shape index (κ2) is 4.34. The standard InChI is InChI=1S/C12H16BrN3/c13-9-3-4-12(14-8-9)15-10-5-7-16-6-1-2-11(10)16/h3-4,8,10-11H,1-2,5-7H2,(H,14,15). The van der Waals surface area contributed by atoms with Crippen molar-refractivity contribution in [2.24, 2.45) is 0 Å². The van der Waals surface area contributed by atoms with Crippen molar-refractivity contribution in [3.8, 4) is 0 Å². The van der Waals surface area contributed by atoms with Crippen LogP contribution < -0.4 is 5.32 Å². The maximum Gasteiger partial charge on any atom is 0.126 e. The molecule has 1 aromatic heterocycles. The van der Waals surface area contributed by atoms with Gasteiger partial charge in [-0.1, -0.05) is 0 Å². The van der Waals surface area contributed by atoms with Crippen LogP contribution in [0.3, 0.4) is 0 Å². The summed E-state index contributed by atoms with van der Waals surface area (Å²) in [6.07, 6.45) is 5.80. The van der Waals surface area contributed by atoms with Crippen LogP contribution in [0.2, 0.25) is 0 Å². The van der Waals surface area contributed by atoms with Crippen LogP contribution >= 0.6 is 15.9 Å². The van der Waals surface area contributed by atoms with Gasteiger partial charge in [-0.15, -0.1) is 0 Å². The highest BCUT2D eigenvalue weighted by atomic mass is 79.9. The Bertz CT molecular complexity index is 365. The minimum Gasteiger partial charge on any atom is -0.366 e. The molecule has 3 rings (SSSR count). The Morgan fingerprint density at radius 3 is 3.06 bits per heavy atom. The lowest BCUT2D eigenvalue weighted by molar-refractivity contribution is 0.318. The van der Waals surface area contributed by atoms with Crippen LogP contribution in [-0.2, 0) is 0 Å². The normalized spacial score (nSPS) is 29.3. The zero-order valence-electron chi connectivity index (χ0n) is 9.19. The molecule has 0 saturated carbocycles. The van der Waals surface area contributed by atoms with E-state index in [1.165, 1.54) is 32.4 Å². The Labute approximate surface area is 104 Å². The molecule has 2 saturated heterocycles. The summed E-state index contributed by atoms with van der Waals surface area (Å²) in [5.41, 5.74) is 0. The molecule has 2 fully saturated rings. The van der Waals surface area contributed by atoms with Gasteiger partial charge in [-0.3, -0.25) is 4.90 Å². The lowest BCUT2D eigenvalue weighted by Gasteiger charge is -2.21. The maximum atomic E-state index is 4.38. The molecule has 0 amide bonds. The first kappa shape index (κ1) is 10.5. The summed E-state index contributed by atoms with van der Waals surface area (Å²) in [5, 5.41) is 3.57. The average molecular weight is 282 g/mol. The molecule has 1 N–H and O–H groups in total. The third-order valence-electron chi connectivity index (χ3n) is 3.67. The molecule has 1 aromatic rings. The topological polar surface area (TPSA) is 28.2 Å². The van der Waals surface area contributed by atoms with Gasteiger partial charge in [0.05, 0.1) is 0 Å². The highest BCUT2D eigenvalue weighted by Gasteiger charge is 2.36. The van der Waals surface area contributed by atoms with E-state index in [0.717, 1.165) is 16.3 Å². The zero-order valence-corrected chi connectivity index (χ0v) is 10.8. The number of halogens is 1. The molecule has 0 aliphatic carbocycles. The van der Waals surface area contributed by atoms with Gasteiger partial charge < -0.3 is 5.32 Å². The minimum atomic E-state index is 0.594. The van der Waals surface area contributed by atoms with Gasteiger partial charge in [0.1, 0.15) is 5.82 Å². The molecular formula is C12H16BrN3. The Hall–Kier alpha value is -0.610. The van der Waals surface area contributed by atoms with Crippen molar-refractivity contribution in [1.82, 2.24) is 9.88 Å². The van der Waals surface area contributed by atoms with E-state index >= 15 is 0 Å². The van der Waals surface area contributed by atoms with E-state index in [-0.39, 0.29) is 0 Å². The molecule has 2 unspecified atom stereocenters. The van der Waals surface area contributed by atoms with Gasteiger partial charge in [-0.25, -0.2) is 4.98 Å². The smallest absolute Gasteiger partial charge is 0.126 e. The Balaban J connectivity index is 1.68. The Kier molecular flexibility index (Phi) is 2.86. The van der Waals surface area contributed by atoms with Crippen LogP contribution in [0.1, 0.15) is 19.3 Å². The van der Waals surface area contributed by atoms with E-state index in [1.54, 1.807) is 0 Å². The van der Waals surface area contributed by atoms with Crippen molar-refractivity contribution in [3.63, 3.8) is 0 Å². The lowest BCUT2D eigenvalue weighted by Crippen LogP contribution is -2.33. The number of nitrogens with one attached hydrogen (secondary N) is 1. The van der Waals surface area contributed by atoms with Gasteiger partial charge in [0.15, 0.2) is 0 Å². The largest absolute Gasteiger partial charge is 0.366 e. The lowest BCUT2D eigenvalue weighted by atomic mass is 10.1. The predicted octanol–water partition coefficient (Wildman–Crippen LogP) is 2.49. The molecule has 2 aliphatic heterocycles. The van der Waals surface area contributed by atoms with Crippen LogP contribution in [0.5, 0.6) is 0 Å². The SMILES string of the molecule is Brc1ccc(NC2CCN3CCCC23)nc1. The van der Waals surface area contributed by atoms with E-state index in [1.807, 2.05) is 18.3 Å². The second-order valence-electron chi connectivity index (χ2n) is 4.65. The number of pyridine rings is 1. The third-order valence-corrected chi connectivity index (χ3v) is 4.14. The molecule has 16 heavy (non-hydrogen) atoms. The van der Waals surface area contributed by atoms with Crippen molar-refractivity contribution < 1.29 is 0 Å². The summed E-state index contributed by atoms with van der Waals surface area (Å²) < 4.78 is 1.03. The summed E-state index contributed by atoms with van der Waals surface area (Å²) >= 11 is 3.40. The molecule has 86 valence electrons. The van der Waals surface area contributed by atoms with Gasteiger partial charge in [0.2, 0.25) is 0 Å². The van der Waals surface area contributed by atoms with Gasteiger partial charge in [0.25, 0.3) is 0 Å². The summed E-state index contributed by atoms with van der Waals surface area (Å²) in [4.78, 5) is 6.99. The van der Waals surface area contributed by atoms with Crippen molar-refractivity contribution >= 4 is 21.7 Å². The number of hydrogen-bond donors (Lipinski definition) is 1. The molecule has 3 heterocycles. The van der Waals surface area contributed by atoms with Crippen LogP contribution in [0.4, 0.5) is 5.82 Å². The summed E-state index contributed by atoms with van der Waals surface area (Å²) in [6, 6.07) is 5.42. The number of fused-ring (bicyclic) bond motifs is 1. The number of nitrogens with zero attached hydrogens (tertiary/aromatic N) is 2. The number of rotatable bonds is 2. The second-order valence-corrected chi connectivity index (χ2v) is 5.56. The molecule has 2 atom stereocenters. The van der Waals surface area contributed by atoms with E-state index in [2.05, 4.69) is 31.1 Å². The van der Waals surface area contributed by atoms with Gasteiger partial charge in [0, 0.05) is 29.3 Å². The summed E-state index contributed by atoms with van der Waals surface area (Å²) in [6.45, 7) is 2.54.